The van der Waals surface area contributed by atoms with Crippen LogP contribution in [0.1, 0.15) is 79.3 Å². The fraction of sp³-hybridized carbons (Fsp3) is 0.290. The summed E-state index contributed by atoms with van der Waals surface area (Å²) in [6.07, 6.45) is 7.76. The van der Waals surface area contributed by atoms with Gasteiger partial charge < -0.3 is 0 Å². The van der Waals surface area contributed by atoms with Crippen molar-refractivity contribution in [1.82, 2.24) is 0 Å². The molecule has 0 bridgehead atoms. The Morgan fingerprint density at radius 3 is 1.59 bits per heavy atom. The molecule has 0 aliphatic carbocycles. The lowest BCUT2D eigenvalue weighted by Crippen LogP contribution is -1.91. The first-order chi connectivity index (χ1) is 15.7. The van der Waals surface area contributed by atoms with E-state index in [1.807, 2.05) is 36.4 Å². The SMILES string of the molecule is CCCCCc1ccc(C#Cc2ccc(C#Cc3ccc(CCCC)c(F)c3)cc2)cc1. The summed E-state index contributed by atoms with van der Waals surface area (Å²) in [5.74, 6) is 12.5. The molecule has 0 nitrogen and oxygen atoms in total. The van der Waals surface area contributed by atoms with Crippen molar-refractivity contribution in [1.29, 1.82) is 0 Å². The van der Waals surface area contributed by atoms with Crippen molar-refractivity contribution in [2.75, 3.05) is 0 Å². The third-order valence-corrected chi connectivity index (χ3v) is 5.46. The zero-order chi connectivity index (χ0) is 22.6. The highest BCUT2D eigenvalue weighted by molar-refractivity contribution is 5.48. The Balaban J connectivity index is 1.60. The lowest BCUT2D eigenvalue weighted by Gasteiger charge is -2.02. The van der Waals surface area contributed by atoms with Crippen LogP contribution in [0.5, 0.6) is 0 Å². The van der Waals surface area contributed by atoms with Crippen molar-refractivity contribution < 1.29 is 4.39 Å². The Kier molecular flexibility index (Phi) is 9.16. The van der Waals surface area contributed by atoms with Crippen LogP contribution < -0.4 is 0 Å². The van der Waals surface area contributed by atoms with E-state index in [-0.39, 0.29) is 5.82 Å². The minimum Gasteiger partial charge on any atom is -0.207 e. The number of hydrogen-bond donors (Lipinski definition) is 0. The van der Waals surface area contributed by atoms with Crippen LogP contribution in [0.15, 0.2) is 66.7 Å². The monoisotopic (exact) mass is 422 g/mol. The van der Waals surface area contributed by atoms with Crippen LogP contribution in [0, 0.1) is 29.5 Å². The second-order valence-electron chi connectivity index (χ2n) is 8.14. The molecule has 0 N–H and O–H groups in total. The summed E-state index contributed by atoms with van der Waals surface area (Å²) < 4.78 is 14.2. The highest BCUT2D eigenvalue weighted by Gasteiger charge is 2.02. The molecule has 162 valence electrons. The molecular weight excluding hydrogens is 391 g/mol. The number of unbranched alkanes of at least 4 members (excludes halogenated alkanes) is 3. The van der Waals surface area contributed by atoms with E-state index in [9.17, 15) is 4.39 Å². The van der Waals surface area contributed by atoms with Crippen LogP contribution in [-0.4, -0.2) is 0 Å². The molecule has 0 amide bonds. The van der Waals surface area contributed by atoms with Crippen molar-refractivity contribution in [2.45, 2.75) is 58.8 Å². The molecule has 1 heteroatoms. The van der Waals surface area contributed by atoms with Gasteiger partial charge in [-0.25, -0.2) is 4.39 Å². The zero-order valence-electron chi connectivity index (χ0n) is 19.2. The molecule has 0 aromatic heterocycles. The normalized spacial score (nSPS) is 10.1. The molecule has 0 radical (unpaired) electrons. The molecule has 0 saturated carbocycles. The van der Waals surface area contributed by atoms with E-state index in [0.717, 1.165) is 47.9 Å². The smallest absolute Gasteiger partial charge is 0.127 e. The van der Waals surface area contributed by atoms with Gasteiger partial charge in [0.1, 0.15) is 5.82 Å². The van der Waals surface area contributed by atoms with Gasteiger partial charge in [0, 0.05) is 22.3 Å². The third kappa shape index (κ3) is 7.44. The first-order valence-corrected chi connectivity index (χ1v) is 11.7. The topological polar surface area (TPSA) is 0 Å². The number of rotatable bonds is 7. The maximum Gasteiger partial charge on any atom is 0.127 e. The van der Waals surface area contributed by atoms with E-state index < -0.39 is 0 Å². The van der Waals surface area contributed by atoms with Gasteiger partial charge in [-0.2, -0.15) is 0 Å². The van der Waals surface area contributed by atoms with Gasteiger partial charge >= 0.3 is 0 Å². The predicted molar refractivity (Wildman–Crippen MR) is 133 cm³/mol. The van der Waals surface area contributed by atoms with E-state index in [0.29, 0.717) is 5.56 Å². The van der Waals surface area contributed by atoms with Gasteiger partial charge in [-0.15, -0.1) is 0 Å². The van der Waals surface area contributed by atoms with Crippen LogP contribution in [0.4, 0.5) is 4.39 Å². The van der Waals surface area contributed by atoms with Crippen molar-refractivity contribution >= 4 is 0 Å². The summed E-state index contributed by atoms with van der Waals surface area (Å²) >= 11 is 0. The number of aryl methyl sites for hydroxylation is 2. The van der Waals surface area contributed by atoms with E-state index in [1.165, 1.54) is 30.9 Å². The van der Waals surface area contributed by atoms with Gasteiger partial charge in [-0.1, -0.05) is 75.0 Å². The molecule has 0 spiro atoms. The fourth-order valence-corrected chi connectivity index (χ4v) is 3.45. The minimum atomic E-state index is -0.162. The van der Waals surface area contributed by atoms with Crippen molar-refractivity contribution in [3.8, 4) is 23.7 Å². The molecule has 0 atom stereocenters. The van der Waals surface area contributed by atoms with Crippen molar-refractivity contribution in [3.63, 3.8) is 0 Å². The highest BCUT2D eigenvalue weighted by Crippen LogP contribution is 2.13. The highest BCUT2D eigenvalue weighted by atomic mass is 19.1. The average molecular weight is 423 g/mol. The Bertz CT molecular complexity index is 1110. The Morgan fingerprint density at radius 2 is 1.06 bits per heavy atom. The van der Waals surface area contributed by atoms with Crippen molar-refractivity contribution in [3.05, 3.63) is 106 Å². The van der Waals surface area contributed by atoms with Crippen LogP contribution in [-0.2, 0) is 12.8 Å². The molecule has 3 aromatic carbocycles. The Morgan fingerprint density at radius 1 is 0.562 bits per heavy atom. The van der Waals surface area contributed by atoms with E-state index >= 15 is 0 Å². The standard InChI is InChI=1S/C31H31F/c1-3-5-7-8-25-10-12-26(13-11-25)14-15-27-16-18-28(19-17-27)20-21-29-22-23-30(9-6-4-2)31(32)24-29/h10-13,16-19,22-24H,3-9H2,1-2H3. The Labute approximate surface area is 192 Å². The minimum absolute atomic E-state index is 0.162. The maximum atomic E-state index is 14.2. The summed E-state index contributed by atoms with van der Waals surface area (Å²) in [6.45, 7) is 4.34. The zero-order valence-corrected chi connectivity index (χ0v) is 19.2. The molecule has 3 rings (SSSR count). The van der Waals surface area contributed by atoms with Crippen LogP contribution in [0.25, 0.3) is 0 Å². The number of hydrogen-bond acceptors (Lipinski definition) is 0. The Hall–Kier alpha value is -3.29. The summed E-state index contributed by atoms with van der Waals surface area (Å²) in [5.41, 5.74) is 5.72. The summed E-state index contributed by atoms with van der Waals surface area (Å²) in [7, 11) is 0. The summed E-state index contributed by atoms with van der Waals surface area (Å²) in [5, 5.41) is 0. The van der Waals surface area contributed by atoms with Gasteiger partial charge in [0.15, 0.2) is 0 Å². The van der Waals surface area contributed by atoms with Crippen LogP contribution >= 0.6 is 0 Å². The van der Waals surface area contributed by atoms with Gasteiger partial charge in [0.25, 0.3) is 0 Å². The van der Waals surface area contributed by atoms with Gasteiger partial charge in [0.05, 0.1) is 0 Å². The summed E-state index contributed by atoms with van der Waals surface area (Å²) in [6, 6.07) is 21.7. The molecular formula is C31H31F. The van der Waals surface area contributed by atoms with Crippen LogP contribution in [0.2, 0.25) is 0 Å². The lowest BCUT2D eigenvalue weighted by molar-refractivity contribution is 0.603. The number of benzene rings is 3. The third-order valence-electron chi connectivity index (χ3n) is 5.46. The molecule has 0 aliphatic heterocycles. The second-order valence-corrected chi connectivity index (χ2v) is 8.14. The average Bonchev–Trinajstić information content (AvgIpc) is 2.82. The molecule has 0 aliphatic rings. The molecule has 32 heavy (non-hydrogen) atoms. The summed E-state index contributed by atoms with van der Waals surface area (Å²) in [4.78, 5) is 0. The fourth-order valence-electron chi connectivity index (χ4n) is 3.45. The van der Waals surface area contributed by atoms with Crippen molar-refractivity contribution in [2.24, 2.45) is 0 Å². The predicted octanol–water partition coefficient (Wildman–Crippen LogP) is 7.70. The first-order valence-electron chi connectivity index (χ1n) is 11.7. The number of halogens is 1. The molecule has 0 fully saturated rings. The van der Waals surface area contributed by atoms with E-state index in [2.05, 4.69) is 61.8 Å². The van der Waals surface area contributed by atoms with Gasteiger partial charge in [-0.05, 0) is 85.3 Å². The first kappa shape index (κ1) is 23.4. The van der Waals surface area contributed by atoms with Gasteiger partial charge in [0.2, 0.25) is 0 Å². The van der Waals surface area contributed by atoms with E-state index in [4.69, 9.17) is 0 Å². The molecule has 0 unspecified atom stereocenters. The quantitative estimate of drug-likeness (QED) is 0.270. The molecule has 0 saturated heterocycles. The van der Waals surface area contributed by atoms with Gasteiger partial charge in [-0.3, -0.25) is 0 Å². The molecule has 3 aromatic rings. The van der Waals surface area contributed by atoms with E-state index in [1.54, 1.807) is 0 Å². The van der Waals surface area contributed by atoms with Crippen LogP contribution in [0.3, 0.4) is 0 Å². The second kappa shape index (κ2) is 12.5. The maximum absolute atomic E-state index is 14.2. The lowest BCUT2D eigenvalue weighted by atomic mass is 10.0. The molecule has 0 heterocycles. The largest absolute Gasteiger partial charge is 0.207 e.